The molecule has 1 aliphatic carbocycles. The molecule has 4 atom stereocenters. The lowest BCUT2D eigenvalue weighted by Crippen LogP contribution is -2.58. The summed E-state index contributed by atoms with van der Waals surface area (Å²) in [5.41, 5.74) is 4.29. The molecule has 9 nitrogen and oxygen atoms in total. The van der Waals surface area contributed by atoms with Crippen LogP contribution in [0.4, 0.5) is 4.79 Å². The van der Waals surface area contributed by atoms with Crippen molar-refractivity contribution >= 4 is 28.7 Å². The molecular weight excluding hydrogens is 552 g/mol. The number of urea groups is 1. The normalized spacial score (nSPS) is 22.3. The number of carbonyl (C=O) groups is 3. The van der Waals surface area contributed by atoms with Gasteiger partial charge in [0.2, 0.25) is 11.8 Å². The number of aromatic nitrogens is 1. The van der Waals surface area contributed by atoms with E-state index in [0.717, 1.165) is 67.2 Å². The van der Waals surface area contributed by atoms with Crippen LogP contribution in [0.2, 0.25) is 0 Å². The van der Waals surface area contributed by atoms with Gasteiger partial charge in [-0.2, -0.15) is 0 Å². The number of aromatic amines is 1. The van der Waals surface area contributed by atoms with Crippen molar-refractivity contribution in [2.24, 2.45) is 0 Å². The lowest BCUT2D eigenvalue weighted by Gasteiger charge is -2.42. The van der Waals surface area contributed by atoms with Crippen molar-refractivity contribution in [3.8, 4) is 0 Å². The van der Waals surface area contributed by atoms with E-state index in [-0.39, 0.29) is 41.1 Å². The molecule has 2 fully saturated rings. The number of benzene rings is 2. The van der Waals surface area contributed by atoms with E-state index >= 15 is 0 Å². The first-order chi connectivity index (χ1) is 21.2. The van der Waals surface area contributed by atoms with Crippen LogP contribution in [0.25, 0.3) is 10.9 Å². The van der Waals surface area contributed by atoms with Crippen molar-refractivity contribution in [2.75, 3.05) is 47.3 Å². The van der Waals surface area contributed by atoms with Gasteiger partial charge in [-0.25, -0.2) is 4.79 Å². The summed E-state index contributed by atoms with van der Waals surface area (Å²) in [6, 6.07) is 15.6. The highest BCUT2D eigenvalue weighted by Crippen LogP contribution is 2.52. The van der Waals surface area contributed by atoms with Gasteiger partial charge in [0.15, 0.2) is 0 Å². The molecule has 2 aliphatic heterocycles. The number of rotatable bonds is 6. The third-order valence-corrected chi connectivity index (χ3v) is 10.6. The van der Waals surface area contributed by atoms with Gasteiger partial charge in [0.05, 0.1) is 5.92 Å². The maximum absolute atomic E-state index is 14.4. The molecule has 1 spiro atoms. The summed E-state index contributed by atoms with van der Waals surface area (Å²) in [7, 11) is 5.48. The highest BCUT2D eigenvalue weighted by Gasteiger charge is 2.49. The molecule has 0 radical (unpaired) electrons. The number of H-pyrrole nitrogens is 1. The second-order valence-corrected chi connectivity index (χ2v) is 13.3. The van der Waals surface area contributed by atoms with E-state index in [2.05, 4.69) is 39.9 Å². The van der Waals surface area contributed by atoms with E-state index in [0.29, 0.717) is 13.1 Å². The number of likely N-dealkylation sites (tertiary alicyclic amines) is 1. The minimum atomic E-state index is -0.714. The number of hydrogen-bond donors (Lipinski definition) is 3. The average molecular weight is 599 g/mol. The number of piperidine rings is 2. The van der Waals surface area contributed by atoms with Crippen LogP contribution >= 0.6 is 0 Å². The molecule has 3 aromatic rings. The predicted molar refractivity (Wildman–Crippen MR) is 173 cm³/mol. The summed E-state index contributed by atoms with van der Waals surface area (Å²) >= 11 is 0. The maximum atomic E-state index is 14.4. The molecule has 2 saturated heterocycles. The van der Waals surface area contributed by atoms with Crippen molar-refractivity contribution in [3.63, 3.8) is 0 Å². The van der Waals surface area contributed by atoms with Gasteiger partial charge in [0.1, 0.15) is 6.04 Å². The monoisotopic (exact) mass is 598 g/mol. The topological polar surface area (TPSA) is 101 Å². The Balaban J connectivity index is 1.23. The Kier molecular flexibility index (Phi) is 8.42. The first-order valence-corrected chi connectivity index (χ1v) is 16.1. The van der Waals surface area contributed by atoms with Crippen LogP contribution in [-0.4, -0.2) is 96.9 Å². The quantitative estimate of drug-likeness (QED) is 0.397. The molecule has 3 N–H and O–H groups in total. The fourth-order valence-electron chi connectivity index (χ4n) is 7.87. The molecule has 2 aromatic carbocycles. The zero-order chi connectivity index (χ0) is 31.0. The maximum Gasteiger partial charge on any atom is 0.318 e. The number of nitrogens with one attached hydrogen (secondary N) is 3. The molecular formula is C35H46N6O3. The van der Waals surface area contributed by atoms with Gasteiger partial charge < -0.3 is 30.3 Å². The summed E-state index contributed by atoms with van der Waals surface area (Å²) in [4.78, 5) is 50.0. The summed E-state index contributed by atoms with van der Waals surface area (Å²) in [6.45, 7) is 4.94. The summed E-state index contributed by atoms with van der Waals surface area (Å²) in [5.74, 6) is -0.304. The lowest BCUT2D eigenvalue weighted by atomic mass is 9.73. The van der Waals surface area contributed by atoms with Crippen molar-refractivity contribution in [2.45, 2.75) is 68.4 Å². The fourth-order valence-corrected chi connectivity index (χ4v) is 7.87. The minimum absolute atomic E-state index is 0.0478. The molecule has 1 aromatic heterocycles. The third-order valence-electron chi connectivity index (χ3n) is 10.6. The Morgan fingerprint density at radius 1 is 1.02 bits per heavy atom. The van der Waals surface area contributed by atoms with Gasteiger partial charge in [0, 0.05) is 75.3 Å². The number of hydrogen-bond acceptors (Lipinski definition) is 4. The second-order valence-electron chi connectivity index (χ2n) is 13.3. The first-order valence-electron chi connectivity index (χ1n) is 16.1. The Hall–Kier alpha value is -3.85. The Bertz CT molecular complexity index is 1520. The van der Waals surface area contributed by atoms with Crippen molar-refractivity contribution in [1.29, 1.82) is 0 Å². The fraction of sp³-hybridized carbons (Fsp3) is 0.514. The molecule has 6 rings (SSSR count). The van der Waals surface area contributed by atoms with Crippen molar-refractivity contribution in [1.82, 2.24) is 30.3 Å². The zero-order valence-electron chi connectivity index (χ0n) is 26.4. The molecule has 0 saturated carbocycles. The van der Waals surface area contributed by atoms with Gasteiger partial charge in [-0.1, -0.05) is 49.4 Å². The summed E-state index contributed by atoms with van der Waals surface area (Å²) < 4.78 is 0. The Morgan fingerprint density at radius 2 is 1.75 bits per heavy atom. The van der Waals surface area contributed by atoms with Crippen LogP contribution < -0.4 is 10.6 Å². The van der Waals surface area contributed by atoms with Crippen LogP contribution in [0.5, 0.6) is 0 Å². The standard InChI is InChI=1S/C35H46N6O3/c1-23(28-22-37-30-14-8-6-12-26(28)30)31(38-34(44)40(4)24-10-9-17-36-21-24)33(43)41-18-15-35(16-19-41)20-27(32(42)39(2)3)25-11-5-7-13-29(25)35/h5-8,11-14,22-24,27,31,36-37H,9-10,15-21H2,1-4H3,(H,38,44)/t23-,24?,27-,31-/m1/s1. The Morgan fingerprint density at radius 3 is 2.48 bits per heavy atom. The lowest BCUT2D eigenvalue weighted by molar-refractivity contribution is -0.136. The van der Waals surface area contributed by atoms with E-state index in [1.54, 1.807) is 9.80 Å². The van der Waals surface area contributed by atoms with E-state index < -0.39 is 6.04 Å². The third kappa shape index (κ3) is 5.47. The smallest absolute Gasteiger partial charge is 0.318 e. The SMILES string of the molecule is C[C@H](c1c[nH]c2ccccc12)[C@@H](NC(=O)N(C)C1CCCNC1)C(=O)N1CCC2(CC1)C[C@@H](C(=O)N(C)C)c1ccccc12. The molecule has 44 heavy (non-hydrogen) atoms. The average Bonchev–Trinajstić information content (AvgIpc) is 3.63. The number of amides is 4. The van der Waals surface area contributed by atoms with Crippen molar-refractivity contribution < 1.29 is 14.4 Å². The van der Waals surface area contributed by atoms with E-state index in [1.807, 2.05) is 63.4 Å². The number of para-hydroxylation sites is 1. The van der Waals surface area contributed by atoms with E-state index in [9.17, 15) is 14.4 Å². The van der Waals surface area contributed by atoms with Crippen LogP contribution in [0.15, 0.2) is 54.7 Å². The van der Waals surface area contributed by atoms with Gasteiger partial charge in [-0.15, -0.1) is 0 Å². The first kappa shape index (κ1) is 30.2. The molecule has 9 heteroatoms. The van der Waals surface area contributed by atoms with Gasteiger partial charge >= 0.3 is 6.03 Å². The number of nitrogens with zero attached hydrogens (tertiary/aromatic N) is 3. The largest absolute Gasteiger partial charge is 0.361 e. The predicted octanol–water partition coefficient (Wildman–Crippen LogP) is 4.17. The van der Waals surface area contributed by atoms with E-state index in [1.165, 1.54) is 5.56 Å². The summed E-state index contributed by atoms with van der Waals surface area (Å²) in [5, 5.41) is 7.63. The summed E-state index contributed by atoms with van der Waals surface area (Å²) in [6.07, 6.45) is 6.30. The highest BCUT2D eigenvalue weighted by molar-refractivity contribution is 5.90. The van der Waals surface area contributed by atoms with Gasteiger partial charge in [-0.05, 0) is 61.4 Å². The van der Waals surface area contributed by atoms with Gasteiger partial charge in [0.25, 0.3) is 0 Å². The Labute approximate surface area is 260 Å². The van der Waals surface area contributed by atoms with E-state index in [4.69, 9.17) is 0 Å². The number of fused-ring (bicyclic) bond motifs is 3. The number of carbonyl (C=O) groups excluding carboxylic acids is 3. The molecule has 3 heterocycles. The van der Waals surface area contributed by atoms with Crippen LogP contribution in [0, 0.1) is 0 Å². The second kappa shape index (κ2) is 12.3. The zero-order valence-corrected chi connectivity index (χ0v) is 26.4. The highest BCUT2D eigenvalue weighted by atomic mass is 16.2. The molecule has 234 valence electrons. The molecule has 3 aliphatic rings. The molecule has 0 bridgehead atoms. The number of likely N-dealkylation sites (N-methyl/N-ethyl adjacent to an activating group) is 2. The van der Waals surface area contributed by atoms with Crippen LogP contribution in [-0.2, 0) is 15.0 Å². The van der Waals surface area contributed by atoms with Crippen LogP contribution in [0.1, 0.15) is 67.6 Å². The molecule has 4 amide bonds. The minimum Gasteiger partial charge on any atom is -0.361 e. The van der Waals surface area contributed by atoms with Crippen molar-refractivity contribution in [3.05, 3.63) is 71.4 Å². The molecule has 1 unspecified atom stereocenters. The van der Waals surface area contributed by atoms with Crippen LogP contribution in [0.3, 0.4) is 0 Å². The van der Waals surface area contributed by atoms with Gasteiger partial charge in [-0.3, -0.25) is 9.59 Å².